The number of carbonyl (C=O) groups is 1. The molecule has 1 saturated carbocycles. The van der Waals surface area contributed by atoms with Crippen LogP contribution in [0.1, 0.15) is 51.0 Å². The molecule has 2 aliphatic rings. The Kier molecular flexibility index (Phi) is 3.90. The molecule has 0 N–H and O–H groups in total. The highest BCUT2D eigenvalue weighted by Gasteiger charge is 2.31. The SMILES string of the molecule is CC(C)(C)C(=O)N1CCCN(c2nnc(C3CC3)s2)CC1. The molecule has 1 saturated heterocycles. The summed E-state index contributed by atoms with van der Waals surface area (Å²) in [5.74, 6) is 0.919. The molecule has 0 spiro atoms. The Balaban J connectivity index is 1.63. The van der Waals surface area contributed by atoms with Crippen molar-refractivity contribution in [1.82, 2.24) is 15.1 Å². The van der Waals surface area contributed by atoms with Gasteiger partial charge in [0, 0.05) is 37.5 Å². The van der Waals surface area contributed by atoms with E-state index in [0.717, 1.165) is 37.7 Å². The summed E-state index contributed by atoms with van der Waals surface area (Å²) in [5, 5.41) is 10.9. The van der Waals surface area contributed by atoms with Gasteiger partial charge in [-0.05, 0) is 19.3 Å². The standard InChI is InChI=1S/C15H24N4OS/c1-15(2,3)13(20)18-7-4-8-19(10-9-18)14-17-16-12(21-14)11-5-6-11/h11H,4-10H2,1-3H3. The van der Waals surface area contributed by atoms with Crippen molar-refractivity contribution in [2.45, 2.75) is 46.0 Å². The van der Waals surface area contributed by atoms with Crippen LogP contribution in [0.3, 0.4) is 0 Å². The Morgan fingerprint density at radius 3 is 2.57 bits per heavy atom. The van der Waals surface area contributed by atoms with E-state index in [2.05, 4.69) is 15.1 Å². The van der Waals surface area contributed by atoms with Gasteiger partial charge in [-0.15, -0.1) is 10.2 Å². The van der Waals surface area contributed by atoms with Crippen LogP contribution in [0.2, 0.25) is 0 Å². The highest BCUT2D eigenvalue weighted by Crippen LogP contribution is 2.42. The molecule has 0 atom stereocenters. The highest BCUT2D eigenvalue weighted by atomic mass is 32.1. The fraction of sp³-hybridized carbons (Fsp3) is 0.800. The molecular weight excluding hydrogens is 284 g/mol. The van der Waals surface area contributed by atoms with E-state index >= 15 is 0 Å². The van der Waals surface area contributed by atoms with E-state index in [1.165, 1.54) is 17.8 Å². The molecule has 6 heteroatoms. The Bertz CT molecular complexity index is 518. The van der Waals surface area contributed by atoms with Crippen LogP contribution >= 0.6 is 11.3 Å². The van der Waals surface area contributed by atoms with E-state index in [1.54, 1.807) is 11.3 Å². The third-order valence-electron chi connectivity index (χ3n) is 4.05. The van der Waals surface area contributed by atoms with Gasteiger partial charge >= 0.3 is 0 Å². The fourth-order valence-corrected chi connectivity index (χ4v) is 3.70. The lowest BCUT2D eigenvalue weighted by Crippen LogP contribution is -2.41. The predicted octanol–water partition coefficient (Wildman–Crippen LogP) is 2.50. The number of nitrogens with zero attached hydrogens (tertiary/aromatic N) is 4. The fourth-order valence-electron chi connectivity index (χ4n) is 2.64. The van der Waals surface area contributed by atoms with E-state index < -0.39 is 0 Å². The average Bonchev–Trinajstić information content (AvgIpc) is 3.21. The van der Waals surface area contributed by atoms with Crippen molar-refractivity contribution in [3.8, 4) is 0 Å². The summed E-state index contributed by atoms with van der Waals surface area (Å²) in [4.78, 5) is 16.7. The minimum atomic E-state index is -0.295. The maximum Gasteiger partial charge on any atom is 0.228 e. The number of aromatic nitrogens is 2. The van der Waals surface area contributed by atoms with E-state index in [4.69, 9.17) is 0 Å². The van der Waals surface area contributed by atoms with Crippen LogP contribution in [-0.4, -0.2) is 47.2 Å². The number of amides is 1. The van der Waals surface area contributed by atoms with Gasteiger partial charge in [0.1, 0.15) is 5.01 Å². The summed E-state index contributed by atoms with van der Waals surface area (Å²) in [5.41, 5.74) is -0.295. The van der Waals surface area contributed by atoms with Gasteiger partial charge in [-0.3, -0.25) is 4.79 Å². The first-order valence-corrected chi connectivity index (χ1v) is 8.64. The molecule has 0 unspecified atom stereocenters. The second-order valence-corrected chi connectivity index (χ2v) is 8.07. The maximum absolute atomic E-state index is 12.4. The topological polar surface area (TPSA) is 49.3 Å². The molecule has 5 nitrogen and oxygen atoms in total. The third-order valence-corrected chi connectivity index (χ3v) is 5.20. The molecule has 21 heavy (non-hydrogen) atoms. The molecule has 1 aliphatic carbocycles. The minimum absolute atomic E-state index is 0.250. The largest absolute Gasteiger partial charge is 0.345 e. The molecule has 116 valence electrons. The maximum atomic E-state index is 12.4. The summed E-state index contributed by atoms with van der Waals surface area (Å²) in [7, 11) is 0. The quantitative estimate of drug-likeness (QED) is 0.842. The van der Waals surface area contributed by atoms with Gasteiger partial charge in [0.15, 0.2) is 0 Å². The van der Waals surface area contributed by atoms with E-state index in [1.807, 2.05) is 25.7 Å². The molecule has 1 aromatic heterocycles. The van der Waals surface area contributed by atoms with Gasteiger partial charge in [-0.1, -0.05) is 32.1 Å². The average molecular weight is 308 g/mol. The van der Waals surface area contributed by atoms with Gasteiger partial charge in [0.2, 0.25) is 11.0 Å². The van der Waals surface area contributed by atoms with E-state index in [0.29, 0.717) is 5.92 Å². The zero-order valence-electron chi connectivity index (χ0n) is 13.1. The second kappa shape index (κ2) is 5.55. The van der Waals surface area contributed by atoms with Crippen LogP contribution in [0.25, 0.3) is 0 Å². The summed E-state index contributed by atoms with van der Waals surface area (Å²) in [6.45, 7) is 9.43. The Morgan fingerprint density at radius 1 is 1.14 bits per heavy atom. The lowest BCUT2D eigenvalue weighted by Gasteiger charge is -2.28. The summed E-state index contributed by atoms with van der Waals surface area (Å²) >= 11 is 1.73. The number of carbonyl (C=O) groups excluding carboxylic acids is 1. The number of hydrogen-bond acceptors (Lipinski definition) is 5. The van der Waals surface area contributed by atoms with Gasteiger partial charge in [0.25, 0.3) is 0 Å². The van der Waals surface area contributed by atoms with Crippen molar-refractivity contribution in [2.75, 3.05) is 31.1 Å². The van der Waals surface area contributed by atoms with Crippen LogP contribution in [0.15, 0.2) is 0 Å². The summed E-state index contributed by atoms with van der Waals surface area (Å²) < 4.78 is 0. The predicted molar refractivity (Wildman–Crippen MR) is 84.7 cm³/mol. The molecule has 1 aliphatic heterocycles. The van der Waals surface area contributed by atoms with Crippen LogP contribution in [-0.2, 0) is 4.79 Å². The van der Waals surface area contributed by atoms with E-state index in [9.17, 15) is 4.79 Å². The normalized spacial score (nSPS) is 20.5. The summed E-state index contributed by atoms with van der Waals surface area (Å²) in [6, 6.07) is 0. The van der Waals surface area contributed by atoms with Crippen molar-refractivity contribution in [3.05, 3.63) is 5.01 Å². The molecule has 1 amide bonds. The Morgan fingerprint density at radius 2 is 1.90 bits per heavy atom. The molecule has 3 rings (SSSR count). The first-order valence-electron chi connectivity index (χ1n) is 7.83. The van der Waals surface area contributed by atoms with Crippen LogP contribution in [0.5, 0.6) is 0 Å². The molecule has 0 aromatic carbocycles. The zero-order chi connectivity index (χ0) is 15.0. The number of rotatable bonds is 2. The van der Waals surface area contributed by atoms with Crippen molar-refractivity contribution in [2.24, 2.45) is 5.41 Å². The molecule has 0 radical (unpaired) electrons. The first kappa shape index (κ1) is 14.8. The Hall–Kier alpha value is -1.17. The Labute approximate surface area is 130 Å². The molecular formula is C15H24N4OS. The van der Waals surface area contributed by atoms with Crippen molar-refractivity contribution in [1.29, 1.82) is 0 Å². The van der Waals surface area contributed by atoms with Gasteiger partial charge in [0.05, 0.1) is 0 Å². The van der Waals surface area contributed by atoms with E-state index in [-0.39, 0.29) is 11.3 Å². The number of hydrogen-bond donors (Lipinski definition) is 0. The lowest BCUT2D eigenvalue weighted by molar-refractivity contribution is -0.139. The monoisotopic (exact) mass is 308 g/mol. The van der Waals surface area contributed by atoms with Gasteiger partial charge in [-0.2, -0.15) is 0 Å². The van der Waals surface area contributed by atoms with Crippen LogP contribution in [0, 0.1) is 5.41 Å². The number of anilines is 1. The smallest absolute Gasteiger partial charge is 0.228 e. The molecule has 0 bridgehead atoms. The zero-order valence-corrected chi connectivity index (χ0v) is 13.9. The van der Waals surface area contributed by atoms with Gasteiger partial charge < -0.3 is 9.80 Å². The minimum Gasteiger partial charge on any atom is -0.345 e. The van der Waals surface area contributed by atoms with Crippen molar-refractivity contribution >= 4 is 22.4 Å². The molecule has 2 fully saturated rings. The highest BCUT2D eigenvalue weighted by molar-refractivity contribution is 7.15. The molecule has 2 heterocycles. The lowest BCUT2D eigenvalue weighted by atomic mass is 9.94. The third kappa shape index (κ3) is 3.36. The van der Waals surface area contributed by atoms with Gasteiger partial charge in [-0.25, -0.2) is 0 Å². The van der Waals surface area contributed by atoms with Crippen LogP contribution < -0.4 is 4.90 Å². The van der Waals surface area contributed by atoms with Crippen molar-refractivity contribution in [3.63, 3.8) is 0 Å². The second-order valence-electron chi connectivity index (χ2n) is 7.08. The molecule has 1 aromatic rings. The summed E-state index contributed by atoms with van der Waals surface area (Å²) in [6.07, 6.45) is 3.53. The van der Waals surface area contributed by atoms with Crippen molar-refractivity contribution < 1.29 is 4.79 Å². The first-order chi connectivity index (χ1) is 9.95. The van der Waals surface area contributed by atoms with Crippen LogP contribution in [0.4, 0.5) is 5.13 Å².